The summed E-state index contributed by atoms with van der Waals surface area (Å²) in [6.45, 7) is 0. The van der Waals surface area contributed by atoms with Crippen LogP contribution in [-0.4, -0.2) is 0 Å². The van der Waals surface area contributed by atoms with Crippen molar-refractivity contribution in [2.75, 3.05) is 0 Å². The van der Waals surface area contributed by atoms with Crippen LogP contribution in [0, 0.1) is 0 Å². The number of fused-ring (bicyclic) bond motifs is 2. The zero-order valence-corrected chi connectivity index (χ0v) is 21.2. The Morgan fingerprint density at radius 2 is 1.00 bits per heavy atom. The van der Waals surface area contributed by atoms with Crippen molar-refractivity contribution in [1.29, 1.82) is 0 Å². The Balaban J connectivity index is 0.00000116. The van der Waals surface area contributed by atoms with Crippen molar-refractivity contribution in [3.05, 3.63) is 116 Å². The standard InChI is InChI=1S/2C13H9S.2ClH.Ti/c2*1-2-5-11-9-12(8-10(11)4-1)13-6-3-7-14-13;;;/h2*1-9H;2*1H;/q;;;;+2/p-2. The fraction of sp³-hybridized carbons (Fsp3) is 0.0769. The number of thiophene rings is 2. The van der Waals surface area contributed by atoms with Gasteiger partial charge in [-0.05, 0) is 0 Å². The molecule has 0 saturated carbocycles. The normalized spacial score (nSPS) is 18.1. The summed E-state index contributed by atoms with van der Waals surface area (Å²) in [6.07, 6.45) is 4.90. The van der Waals surface area contributed by atoms with Crippen LogP contribution in [0.1, 0.15) is 40.5 Å². The first-order valence-corrected chi connectivity index (χ1v) is 13.4. The van der Waals surface area contributed by atoms with E-state index in [0.717, 1.165) is 0 Å². The van der Waals surface area contributed by atoms with Crippen LogP contribution < -0.4 is 24.8 Å². The van der Waals surface area contributed by atoms with Gasteiger partial charge in [-0.15, -0.1) is 0 Å². The second-order valence-corrected chi connectivity index (χ2v) is 11.7. The fourth-order valence-electron chi connectivity index (χ4n) is 4.49. The molecule has 2 atom stereocenters. The SMILES string of the molecule is C1=C(c2cccs2)[CH]([Ti+2][CH]2C(c3cccs3)=Cc3ccccc32)c2ccccc21.[Cl-].[Cl-]. The Morgan fingerprint density at radius 3 is 1.42 bits per heavy atom. The predicted molar refractivity (Wildman–Crippen MR) is 123 cm³/mol. The van der Waals surface area contributed by atoms with Crippen molar-refractivity contribution in [3.8, 4) is 0 Å². The second kappa shape index (κ2) is 9.62. The largest absolute Gasteiger partial charge is 1.00 e. The van der Waals surface area contributed by atoms with Crippen LogP contribution in [-0.2, 0) is 19.2 Å². The van der Waals surface area contributed by atoms with Crippen molar-refractivity contribution in [2.24, 2.45) is 0 Å². The summed E-state index contributed by atoms with van der Waals surface area (Å²) in [7, 11) is 0. The van der Waals surface area contributed by atoms with Gasteiger partial charge in [0.2, 0.25) is 0 Å². The molecule has 0 radical (unpaired) electrons. The second-order valence-electron chi connectivity index (χ2n) is 7.44. The molecule has 2 unspecified atom stereocenters. The number of benzene rings is 2. The molecule has 0 nitrogen and oxygen atoms in total. The summed E-state index contributed by atoms with van der Waals surface area (Å²) < 4.78 is 1.12. The van der Waals surface area contributed by atoms with Crippen molar-refractivity contribution in [2.45, 2.75) is 8.45 Å². The third kappa shape index (κ3) is 4.06. The molecule has 2 aromatic carbocycles. The minimum atomic E-state index is -0.353. The van der Waals surface area contributed by atoms with Crippen LogP contribution >= 0.6 is 22.7 Å². The molecule has 0 spiro atoms. The molecule has 152 valence electrons. The molecule has 6 rings (SSSR count). The van der Waals surface area contributed by atoms with Crippen molar-refractivity contribution in [1.82, 2.24) is 0 Å². The fourth-order valence-corrected chi connectivity index (χ4v) is 9.57. The Labute approximate surface area is 212 Å². The maximum atomic E-state index is 2.45. The topological polar surface area (TPSA) is 0 Å². The first kappa shape index (κ1) is 22.8. The molecule has 0 amide bonds. The third-order valence-corrected chi connectivity index (χ3v) is 10.6. The van der Waals surface area contributed by atoms with E-state index >= 15 is 0 Å². The molecule has 2 aliphatic carbocycles. The molecule has 2 aromatic heterocycles. The summed E-state index contributed by atoms with van der Waals surface area (Å²) >= 11 is 3.40. The molecule has 2 aliphatic rings. The molecular formula is C26H18Cl2S2Ti. The van der Waals surface area contributed by atoms with Crippen molar-refractivity contribution < 1.29 is 44.0 Å². The van der Waals surface area contributed by atoms with Gasteiger partial charge in [0, 0.05) is 0 Å². The van der Waals surface area contributed by atoms with Crippen LogP contribution in [0.25, 0.3) is 23.3 Å². The van der Waals surface area contributed by atoms with E-state index < -0.39 is 0 Å². The van der Waals surface area contributed by atoms with E-state index in [2.05, 4.69) is 95.7 Å². The van der Waals surface area contributed by atoms with Crippen LogP contribution in [0.3, 0.4) is 0 Å². The van der Waals surface area contributed by atoms with Gasteiger partial charge in [0.25, 0.3) is 0 Å². The van der Waals surface area contributed by atoms with Crippen molar-refractivity contribution >= 4 is 46.0 Å². The Morgan fingerprint density at radius 1 is 0.548 bits per heavy atom. The Kier molecular flexibility index (Phi) is 7.08. The summed E-state index contributed by atoms with van der Waals surface area (Å²) in [4.78, 5) is 2.87. The molecule has 31 heavy (non-hydrogen) atoms. The monoisotopic (exact) mass is 512 g/mol. The minimum Gasteiger partial charge on any atom is -1.00 e. The summed E-state index contributed by atoms with van der Waals surface area (Å²) in [5.74, 6) is 0. The minimum absolute atomic E-state index is 0. The van der Waals surface area contributed by atoms with E-state index in [4.69, 9.17) is 0 Å². The number of hydrogen-bond acceptors (Lipinski definition) is 2. The zero-order valence-electron chi connectivity index (χ0n) is 16.5. The summed E-state index contributed by atoms with van der Waals surface area (Å²) in [6, 6.07) is 27.0. The summed E-state index contributed by atoms with van der Waals surface area (Å²) in [5.41, 5.74) is 8.97. The van der Waals surface area contributed by atoms with Gasteiger partial charge in [-0.1, -0.05) is 0 Å². The van der Waals surface area contributed by atoms with Gasteiger partial charge in [0.05, 0.1) is 0 Å². The number of allylic oxidation sites excluding steroid dienone is 2. The van der Waals surface area contributed by atoms with Gasteiger partial charge < -0.3 is 24.8 Å². The van der Waals surface area contributed by atoms with E-state index in [-0.39, 0.29) is 44.0 Å². The number of rotatable bonds is 4. The molecule has 2 heterocycles. The van der Waals surface area contributed by atoms with Crippen molar-refractivity contribution in [3.63, 3.8) is 0 Å². The average Bonchev–Trinajstić information content (AvgIpc) is 3.55. The third-order valence-electron chi connectivity index (χ3n) is 5.80. The molecule has 0 saturated heterocycles. The Bertz CT molecular complexity index is 1140. The van der Waals surface area contributed by atoms with Crippen LogP contribution in [0.4, 0.5) is 0 Å². The zero-order chi connectivity index (χ0) is 19.2. The molecule has 5 heteroatoms. The smallest absolute Gasteiger partial charge is 1.00 e. The molecular weight excluding hydrogens is 495 g/mol. The first-order chi connectivity index (χ1) is 14.4. The quantitative estimate of drug-likeness (QED) is 0.366. The van der Waals surface area contributed by atoms with E-state index in [0.29, 0.717) is 8.45 Å². The van der Waals surface area contributed by atoms with Gasteiger partial charge in [0.1, 0.15) is 0 Å². The van der Waals surface area contributed by atoms with Gasteiger partial charge in [-0.2, -0.15) is 0 Å². The van der Waals surface area contributed by atoms with Gasteiger partial charge in [0.15, 0.2) is 0 Å². The van der Waals surface area contributed by atoms with E-state index in [1.807, 2.05) is 22.7 Å². The van der Waals surface area contributed by atoms with Gasteiger partial charge >= 0.3 is 189 Å². The Hall–Kier alpha value is -1.39. The molecule has 0 aliphatic heterocycles. The van der Waals surface area contributed by atoms with E-state index in [1.54, 1.807) is 0 Å². The molecule has 0 fully saturated rings. The average molecular weight is 513 g/mol. The van der Waals surface area contributed by atoms with Gasteiger partial charge in [-0.25, -0.2) is 0 Å². The predicted octanol–water partition coefficient (Wildman–Crippen LogP) is 1.79. The van der Waals surface area contributed by atoms with Crippen LogP contribution in [0.5, 0.6) is 0 Å². The number of halogens is 2. The first-order valence-electron chi connectivity index (χ1n) is 9.83. The number of hydrogen-bond donors (Lipinski definition) is 0. The van der Waals surface area contributed by atoms with E-state index in [9.17, 15) is 0 Å². The van der Waals surface area contributed by atoms with Crippen LogP contribution in [0.15, 0.2) is 83.6 Å². The maximum Gasteiger partial charge on any atom is -1.00 e. The maximum absolute atomic E-state index is 2.45. The summed E-state index contributed by atoms with van der Waals surface area (Å²) in [5, 5.41) is 4.41. The molecule has 4 aromatic rings. The van der Waals surface area contributed by atoms with E-state index in [1.165, 1.54) is 43.2 Å². The van der Waals surface area contributed by atoms with Crippen LogP contribution in [0.2, 0.25) is 0 Å². The molecule has 0 bridgehead atoms. The van der Waals surface area contributed by atoms with Gasteiger partial charge in [-0.3, -0.25) is 0 Å². The molecule has 0 N–H and O–H groups in total.